The Bertz CT molecular complexity index is 541. The van der Waals surface area contributed by atoms with Crippen LogP contribution in [0, 0.1) is 0 Å². The number of benzene rings is 1. The standard InChI is InChI=1S/C15H22ClN3O3/c1-15(2,3)22-14(21)19-8-4-7-18-13(20)11-6-5-10(17)9-12(11)16/h5-6,9H,4,7-8,17H2,1-3H3,(H,18,20)(H,19,21). The minimum Gasteiger partial charge on any atom is -0.444 e. The largest absolute Gasteiger partial charge is 0.444 e. The van der Waals surface area contributed by atoms with Crippen LogP contribution in [0.3, 0.4) is 0 Å². The van der Waals surface area contributed by atoms with Crippen LogP contribution in [0.2, 0.25) is 5.02 Å². The zero-order valence-electron chi connectivity index (χ0n) is 13.0. The Hall–Kier alpha value is -1.95. The van der Waals surface area contributed by atoms with Crippen molar-refractivity contribution >= 4 is 29.3 Å². The lowest BCUT2D eigenvalue weighted by atomic mass is 10.2. The van der Waals surface area contributed by atoms with Crippen LogP contribution in [0.5, 0.6) is 0 Å². The van der Waals surface area contributed by atoms with Crippen molar-refractivity contribution in [2.75, 3.05) is 18.8 Å². The summed E-state index contributed by atoms with van der Waals surface area (Å²) in [6.07, 6.45) is 0.109. The van der Waals surface area contributed by atoms with Gasteiger partial charge in [-0.05, 0) is 45.4 Å². The van der Waals surface area contributed by atoms with Gasteiger partial charge in [0.25, 0.3) is 5.91 Å². The summed E-state index contributed by atoms with van der Waals surface area (Å²) in [5.41, 5.74) is 5.92. The molecule has 1 aromatic carbocycles. The molecule has 4 N–H and O–H groups in total. The summed E-state index contributed by atoms with van der Waals surface area (Å²) >= 11 is 5.95. The van der Waals surface area contributed by atoms with Crippen molar-refractivity contribution in [2.45, 2.75) is 32.8 Å². The molecule has 7 heteroatoms. The van der Waals surface area contributed by atoms with Gasteiger partial charge in [-0.1, -0.05) is 11.6 Å². The second-order valence-electron chi connectivity index (χ2n) is 5.78. The predicted octanol–water partition coefficient (Wildman–Crippen LogP) is 2.57. The van der Waals surface area contributed by atoms with E-state index >= 15 is 0 Å². The van der Waals surface area contributed by atoms with Gasteiger partial charge in [-0.2, -0.15) is 0 Å². The highest BCUT2D eigenvalue weighted by atomic mass is 35.5. The summed E-state index contributed by atoms with van der Waals surface area (Å²) in [5.74, 6) is -0.276. The fourth-order valence-corrected chi connectivity index (χ4v) is 1.88. The molecule has 0 fully saturated rings. The number of anilines is 1. The Balaban J connectivity index is 2.27. The van der Waals surface area contributed by atoms with Gasteiger partial charge >= 0.3 is 6.09 Å². The third-order valence-electron chi connectivity index (χ3n) is 2.55. The van der Waals surface area contributed by atoms with Gasteiger partial charge in [-0.25, -0.2) is 4.79 Å². The Morgan fingerprint density at radius 3 is 2.45 bits per heavy atom. The fraction of sp³-hybridized carbons (Fsp3) is 0.467. The Morgan fingerprint density at radius 2 is 1.86 bits per heavy atom. The van der Waals surface area contributed by atoms with Crippen molar-refractivity contribution in [1.82, 2.24) is 10.6 Å². The number of hydrogen-bond acceptors (Lipinski definition) is 4. The molecule has 0 aromatic heterocycles. The third kappa shape index (κ3) is 6.67. The van der Waals surface area contributed by atoms with Crippen LogP contribution >= 0.6 is 11.6 Å². The van der Waals surface area contributed by atoms with E-state index in [0.717, 1.165) is 0 Å². The molecule has 0 saturated heterocycles. The van der Waals surface area contributed by atoms with Crippen molar-refractivity contribution in [1.29, 1.82) is 0 Å². The van der Waals surface area contributed by atoms with Crippen molar-refractivity contribution in [3.63, 3.8) is 0 Å². The first-order valence-corrected chi connectivity index (χ1v) is 7.37. The van der Waals surface area contributed by atoms with Crippen molar-refractivity contribution in [3.05, 3.63) is 28.8 Å². The van der Waals surface area contributed by atoms with Crippen LogP contribution in [0.1, 0.15) is 37.6 Å². The topological polar surface area (TPSA) is 93.5 Å². The number of amides is 2. The third-order valence-corrected chi connectivity index (χ3v) is 2.86. The van der Waals surface area contributed by atoms with Crippen LogP contribution in [0.15, 0.2) is 18.2 Å². The van der Waals surface area contributed by atoms with Crippen LogP contribution in [0.25, 0.3) is 0 Å². The molecule has 1 aromatic rings. The smallest absolute Gasteiger partial charge is 0.407 e. The second-order valence-corrected chi connectivity index (χ2v) is 6.18. The molecule has 0 saturated carbocycles. The molecule has 0 heterocycles. The monoisotopic (exact) mass is 327 g/mol. The molecule has 22 heavy (non-hydrogen) atoms. The van der Waals surface area contributed by atoms with Gasteiger partial charge in [-0.15, -0.1) is 0 Å². The van der Waals surface area contributed by atoms with Gasteiger partial charge in [0, 0.05) is 18.8 Å². The molecule has 1 rings (SSSR count). The number of carbonyl (C=O) groups excluding carboxylic acids is 2. The molecule has 0 bridgehead atoms. The van der Waals surface area contributed by atoms with E-state index in [0.29, 0.717) is 35.8 Å². The number of carbonyl (C=O) groups is 2. The van der Waals surface area contributed by atoms with E-state index in [2.05, 4.69) is 10.6 Å². The molecule has 0 aliphatic heterocycles. The lowest BCUT2D eigenvalue weighted by molar-refractivity contribution is 0.0527. The van der Waals surface area contributed by atoms with Crippen molar-refractivity contribution in [3.8, 4) is 0 Å². The summed E-state index contributed by atoms with van der Waals surface area (Å²) < 4.78 is 5.09. The van der Waals surface area contributed by atoms with Gasteiger partial charge in [0.15, 0.2) is 0 Å². The van der Waals surface area contributed by atoms with E-state index < -0.39 is 11.7 Å². The zero-order valence-corrected chi connectivity index (χ0v) is 13.8. The van der Waals surface area contributed by atoms with Crippen LogP contribution in [-0.4, -0.2) is 30.7 Å². The van der Waals surface area contributed by atoms with Gasteiger partial charge < -0.3 is 21.1 Å². The summed E-state index contributed by atoms with van der Waals surface area (Å²) in [5, 5.41) is 5.65. The van der Waals surface area contributed by atoms with Crippen molar-refractivity contribution in [2.24, 2.45) is 0 Å². The number of nitrogens with two attached hydrogens (primary N) is 1. The number of nitrogen functional groups attached to an aromatic ring is 1. The zero-order chi connectivity index (χ0) is 16.8. The van der Waals surface area contributed by atoms with E-state index in [9.17, 15) is 9.59 Å². The Labute approximate surface area is 135 Å². The highest BCUT2D eigenvalue weighted by Gasteiger charge is 2.15. The minimum atomic E-state index is -0.524. The first-order chi connectivity index (χ1) is 10.2. The van der Waals surface area contributed by atoms with Gasteiger partial charge in [-0.3, -0.25) is 4.79 Å². The van der Waals surface area contributed by atoms with E-state index in [1.165, 1.54) is 6.07 Å². The number of nitrogens with one attached hydrogen (secondary N) is 2. The SMILES string of the molecule is CC(C)(C)OC(=O)NCCCNC(=O)c1ccc(N)cc1Cl. The number of alkyl carbamates (subject to hydrolysis) is 1. The maximum absolute atomic E-state index is 11.9. The molecular formula is C15H22ClN3O3. The molecule has 2 amide bonds. The molecule has 6 nitrogen and oxygen atoms in total. The molecule has 0 aliphatic carbocycles. The molecule has 0 aliphatic rings. The molecule has 122 valence electrons. The number of hydrogen-bond donors (Lipinski definition) is 3. The second kappa shape index (κ2) is 7.89. The normalized spacial score (nSPS) is 10.9. The average Bonchev–Trinajstić information content (AvgIpc) is 2.35. The van der Waals surface area contributed by atoms with Crippen molar-refractivity contribution < 1.29 is 14.3 Å². The van der Waals surface area contributed by atoms with E-state index in [-0.39, 0.29) is 5.91 Å². The summed E-state index contributed by atoms with van der Waals surface area (Å²) in [4.78, 5) is 23.3. The lowest BCUT2D eigenvalue weighted by Gasteiger charge is -2.19. The van der Waals surface area contributed by atoms with E-state index in [4.69, 9.17) is 22.1 Å². The number of halogens is 1. The highest BCUT2D eigenvalue weighted by Crippen LogP contribution is 2.18. The molecule has 0 radical (unpaired) electrons. The number of ether oxygens (including phenoxy) is 1. The van der Waals surface area contributed by atoms with Gasteiger partial charge in [0.2, 0.25) is 0 Å². The van der Waals surface area contributed by atoms with Gasteiger partial charge in [0.1, 0.15) is 5.60 Å². The number of rotatable bonds is 5. The lowest BCUT2D eigenvalue weighted by Crippen LogP contribution is -2.34. The fourth-order valence-electron chi connectivity index (χ4n) is 1.61. The van der Waals surface area contributed by atoms with Crippen LogP contribution < -0.4 is 16.4 Å². The quantitative estimate of drug-likeness (QED) is 0.572. The average molecular weight is 328 g/mol. The Morgan fingerprint density at radius 1 is 1.23 bits per heavy atom. The minimum absolute atomic E-state index is 0.276. The highest BCUT2D eigenvalue weighted by molar-refractivity contribution is 6.34. The van der Waals surface area contributed by atoms with Crippen LogP contribution in [0.4, 0.5) is 10.5 Å². The summed E-state index contributed by atoms with van der Waals surface area (Å²) in [6, 6.07) is 4.72. The summed E-state index contributed by atoms with van der Waals surface area (Å²) in [7, 11) is 0. The van der Waals surface area contributed by atoms with E-state index in [1.54, 1.807) is 32.9 Å². The predicted molar refractivity (Wildman–Crippen MR) is 87.1 cm³/mol. The maximum Gasteiger partial charge on any atom is 0.407 e. The maximum atomic E-state index is 11.9. The molecule has 0 atom stereocenters. The first-order valence-electron chi connectivity index (χ1n) is 6.99. The molecular weight excluding hydrogens is 306 g/mol. The molecule has 0 spiro atoms. The van der Waals surface area contributed by atoms with E-state index in [1.807, 2.05) is 0 Å². The molecule has 0 unspecified atom stereocenters. The van der Waals surface area contributed by atoms with Gasteiger partial charge in [0.05, 0.1) is 10.6 Å². The Kier molecular flexibility index (Phi) is 6.49. The van der Waals surface area contributed by atoms with Crippen LogP contribution in [-0.2, 0) is 4.74 Å². The summed E-state index contributed by atoms with van der Waals surface area (Å²) in [6.45, 7) is 6.20. The first kappa shape index (κ1) is 18.1.